The summed E-state index contributed by atoms with van der Waals surface area (Å²) in [6.45, 7) is 1.74. The maximum absolute atomic E-state index is 11.3. The molecule has 2 heterocycles. The number of aromatic nitrogens is 2. The first-order valence-corrected chi connectivity index (χ1v) is 5.22. The highest BCUT2D eigenvalue weighted by Crippen LogP contribution is 2.32. The third-order valence-corrected chi connectivity index (χ3v) is 3.18. The molecule has 2 aromatic rings. The lowest BCUT2D eigenvalue weighted by Gasteiger charge is -2.00. The van der Waals surface area contributed by atoms with Crippen molar-refractivity contribution >= 4 is 40.2 Å². The molecule has 84 valence electrons. The highest BCUT2D eigenvalue weighted by molar-refractivity contribution is 6.45. The maximum atomic E-state index is 11.3. The summed E-state index contributed by atoms with van der Waals surface area (Å²) in [6.07, 6.45) is 0. The molecular formula is C10H8Cl2N2O2. The highest BCUT2D eigenvalue weighted by atomic mass is 35.5. The van der Waals surface area contributed by atoms with Crippen molar-refractivity contribution in [3.8, 4) is 0 Å². The van der Waals surface area contributed by atoms with Gasteiger partial charge in [-0.2, -0.15) is 0 Å². The van der Waals surface area contributed by atoms with Crippen molar-refractivity contribution in [3.63, 3.8) is 0 Å². The van der Waals surface area contributed by atoms with Gasteiger partial charge in [0, 0.05) is 5.39 Å². The summed E-state index contributed by atoms with van der Waals surface area (Å²) in [5.41, 5.74) is 1.43. The smallest absolute Gasteiger partial charge is 0.354 e. The molecule has 16 heavy (non-hydrogen) atoms. The molecule has 6 heteroatoms. The number of carbonyl (C=O) groups excluding carboxylic acids is 1. The molecule has 4 nitrogen and oxygen atoms in total. The molecule has 0 aromatic carbocycles. The second kappa shape index (κ2) is 3.96. The predicted molar refractivity (Wildman–Crippen MR) is 62.2 cm³/mol. The SMILES string of the molecule is COC(=O)c1cc2c(Cl)c(Cl)c(C)nc2[nH]1. The van der Waals surface area contributed by atoms with Gasteiger partial charge in [-0.05, 0) is 13.0 Å². The van der Waals surface area contributed by atoms with Crippen LogP contribution in [0.5, 0.6) is 0 Å². The Hall–Kier alpha value is -1.26. The lowest BCUT2D eigenvalue weighted by molar-refractivity contribution is 0.0595. The van der Waals surface area contributed by atoms with E-state index in [1.54, 1.807) is 13.0 Å². The molecule has 0 spiro atoms. The van der Waals surface area contributed by atoms with Crippen LogP contribution in [0.4, 0.5) is 0 Å². The van der Waals surface area contributed by atoms with E-state index in [-0.39, 0.29) is 0 Å². The number of fused-ring (bicyclic) bond motifs is 1. The van der Waals surface area contributed by atoms with Gasteiger partial charge in [-0.1, -0.05) is 23.2 Å². The standard InChI is InChI=1S/C10H8Cl2N2O2/c1-4-7(11)8(12)5-3-6(10(15)16-2)14-9(5)13-4/h3H,1-2H3,(H,13,14). The van der Waals surface area contributed by atoms with E-state index in [1.165, 1.54) is 7.11 Å². The lowest BCUT2D eigenvalue weighted by atomic mass is 10.3. The van der Waals surface area contributed by atoms with Crippen LogP contribution >= 0.6 is 23.2 Å². The molecule has 2 rings (SSSR count). The Morgan fingerprint density at radius 1 is 1.44 bits per heavy atom. The van der Waals surface area contributed by atoms with Crippen LogP contribution in [0.2, 0.25) is 10.0 Å². The third-order valence-electron chi connectivity index (χ3n) is 2.23. The fraction of sp³-hybridized carbons (Fsp3) is 0.200. The molecule has 0 aliphatic carbocycles. The highest BCUT2D eigenvalue weighted by Gasteiger charge is 2.15. The van der Waals surface area contributed by atoms with Crippen LogP contribution in [0.25, 0.3) is 11.0 Å². The molecule has 0 atom stereocenters. The number of pyridine rings is 1. The van der Waals surface area contributed by atoms with Gasteiger partial charge in [0.15, 0.2) is 0 Å². The number of aromatic amines is 1. The van der Waals surface area contributed by atoms with E-state index in [4.69, 9.17) is 23.2 Å². The number of H-pyrrole nitrogens is 1. The summed E-state index contributed by atoms with van der Waals surface area (Å²) in [7, 11) is 1.31. The molecule has 0 aliphatic rings. The van der Waals surface area contributed by atoms with Crippen molar-refractivity contribution in [2.24, 2.45) is 0 Å². The fourth-order valence-electron chi connectivity index (χ4n) is 1.41. The minimum Gasteiger partial charge on any atom is -0.464 e. The number of carbonyl (C=O) groups is 1. The van der Waals surface area contributed by atoms with Gasteiger partial charge < -0.3 is 9.72 Å². The minimum absolute atomic E-state index is 0.300. The molecule has 1 N–H and O–H groups in total. The van der Waals surface area contributed by atoms with E-state index in [9.17, 15) is 4.79 Å². The van der Waals surface area contributed by atoms with E-state index >= 15 is 0 Å². The Kier molecular flexibility index (Phi) is 2.78. The summed E-state index contributed by atoms with van der Waals surface area (Å²) in [5.74, 6) is -0.470. The largest absolute Gasteiger partial charge is 0.464 e. The van der Waals surface area contributed by atoms with E-state index in [0.717, 1.165) is 0 Å². The average molecular weight is 259 g/mol. The van der Waals surface area contributed by atoms with E-state index < -0.39 is 5.97 Å². The van der Waals surface area contributed by atoms with Crippen LogP contribution in [-0.2, 0) is 4.74 Å². The van der Waals surface area contributed by atoms with Gasteiger partial charge in [0.05, 0.1) is 22.8 Å². The molecule has 0 saturated carbocycles. The molecule has 2 aromatic heterocycles. The first-order valence-electron chi connectivity index (χ1n) is 4.47. The molecule has 0 amide bonds. The van der Waals surface area contributed by atoms with Crippen molar-refractivity contribution in [1.29, 1.82) is 0 Å². The number of hydrogen-bond acceptors (Lipinski definition) is 3. The Morgan fingerprint density at radius 3 is 2.75 bits per heavy atom. The normalized spacial score (nSPS) is 10.8. The summed E-state index contributed by atoms with van der Waals surface area (Å²) in [6, 6.07) is 1.57. The number of ether oxygens (including phenoxy) is 1. The summed E-state index contributed by atoms with van der Waals surface area (Å²) >= 11 is 12.0. The molecule has 0 aliphatic heterocycles. The van der Waals surface area contributed by atoms with Crippen LogP contribution in [0.1, 0.15) is 16.2 Å². The predicted octanol–water partition coefficient (Wildman–Crippen LogP) is 2.96. The van der Waals surface area contributed by atoms with Gasteiger partial charge in [0.1, 0.15) is 11.3 Å². The minimum atomic E-state index is -0.470. The Balaban J connectivity index is 2.71. The first kappa shape index (κ1) is 11.2. The number of hydrogen-bond donors (Lipinski definition) is 1. The zero-order chi connectivity index (χ0) is 11.9. The van der Waals surface area contributed by atoms with Crippen molar-refractivity contribution in [3.05, 3.63) is 27.5 Å². The van der Waals surface area contributed by atoms with Gasteiger partial charge in [-0.25, -0.2) is 9.78 Å². The molecule has 0 radical (unpaired) electrons. The van der Waals surface area contributed by atoms with Gasteiger partial charge in [-0.3, -0.25) is 0 Å². The first-order chi connectivity index (χ1) is 7.54. The number of nitrogens with one attached hydrogen (secondary N) is 1. The van der Waals surface area contributed by atoms with Crippen molar-refractivity contribution in [2.75, 3.05) is 7.11 Å². The van der Waals surface area contributed by atoms with Crippen LogP contribution in [0.15, 0.2) is 6.07 Å². The molecular weight excluding hydrogens is 251 g/mol. The number of aryl methyl sites for hydroxylation is 1. The Labute approximate surface area is 102 Å². The third kappa shape index (κ3) is 1.64. The van der Waals surface area contributed by atoms with Crippen molar-refractivity contribution < 1.29 is 9.53 Å². The Morgan fingerprint density at radius 2 is 2.12 bits per heavy atom. The van der Waals surface area contributed by atoms with Gasteiger partial charge in [-0.15, -0.1) is 0 Å². The second-order valence-electron chi connectivity index (χ2n) is 3.26. The zero-order valence-corrected chi connectivity index (χ0v) is 10.1. The summed E-state index contributed by atoms with van der Waals surface area (Å²) < 4.78 is 4.59. The number of methoxy groups -OCH3 is 1. The molecule has 0 bridgehead atoms. The van der Waals surface area contributed by atoms with Crippen LogP contribution in [-0.4, -0.2) is 23.0 Å². The molecule has 0 unspecified atom stereocenters. The second-order valence-corrected chi connectivity index (χ2v) is 4.02. The Bertz CT molecular complexity index is 578. The maximum Gasteiger partial charge on any atom is 0.354 e. The molecule has 0 saturated heterocycles. The number of esters is 1. The van der Waals surface area contributed by atoms with Crippen molar-refractivity contribution in [2.45, 2.75) is 6.92 Å². The van der Waals surface area contributed by atoms with Crippen LogP contribution in [0, 0.1) is 6.92 Å². The number of nitrogens with zero attached hydrogens (tertiary/aromatic N) is 1. The number of rotatable bonds is 1. The average Bonchev–Trinajstić information content (AvgIpc) is 2.69. The van der Waals surface area contributed by atoms with Crippen LogP contribution < -0.4 is 0 Å². The van der Waals surface area contributed by atoms with Gasteiger partial charge >= 0.3 is 5.97 Å². The van der Waals surface area contributed by atoms with Crippen LogP contribution in [0.3, 0.4) is 0 Å². The van der Waals surface area contributed by atoms with Gasteiger partial charge in [0.25, 0.3) is 0 Å². The zero-order valence-electron chi connectivity index (χ0n) is 8.60. The quantitative estimate of drug-likeness (QED) is 0.801. The van der Waals surface area contributed by atoms with Gasteiger partial charge in [0.2, 0.25) is 0 Å². The lowest BCUT2D eigenvalue weighted by Crippen LogP contribution is -2.00. The number of halogens is 2. The van der Waals surface area contributed by atoms with E-state index in [1.807, 2.05) is 0 Å². The summed E-state index contributed by atoms with van der Waals surface area (Å²) in [5, 5.41) is 1.39. The van der Waals surface area contributed by atoms with E-state index in [2.05, 4.69) is 14.7 Å². The fourth-order valence-corrected chi connectivity index (χ4v) is 1.84. The summed E-state index contributed by atoms with van der Waals surface area (Å²) in [4.78, 5) is 18.3. The molecule has 0 fully saturated rings. The van der Waals surface area contributed by atoms with E-state index in [0.29, 0.717) is 32.5 Å². The monoisotopic (exact) mass is 258 g/mol. The topological polar surface area (TPSA) is 55.0 Å². The van der Waals surface area contributed by atoms with Crippen molar-refractivity contribution in [1.82, 2.24) is 9.97 Å².